The summed E-state index contributed by atoms with van der Waals surface area (Å²) in [5.41, 5.74) is -0.283. The molecule has 1 rings (SSSR count). The molecular formula is C11H13F3N2O. The molecule has 0 saturated heterocycles. The molecule has 1 amide bonds. The quantitative estimate of drug-likeness (QED) is 0.824. The van der Waals surface area contributed by atoms with Crippen molar-refractivity contribution in [2.24, 2.45) is 0 Å². The van der Waals surface area contributed by atoms with Crippen LogP contribution in [0.5, 0.6) is 0 Å². The summed E-state index contributed by atoms with van der Waals surface area (Å²) >= 11 is 0. The predicted octanol–water partition coefficient (Wildman–Crippen LogP) is 1.99. The van der Waals surface area contributed by atoms with Gasteiger partial charge < -0.3 is 10.2 Å². The maximum Gasteiger partial charge on any atom is 0.223 e. The average Bonchev–Trinajstić information content (AvgIpc) is 2.24. The first-order valence-corrected chi connectivity index (χ1v) is 5.00. The van der Waals surface area contributed by atoms with E-state index in [4.69, 9.17) is 0 Å². The van der Waals surface area contributed by atoms with Gasteiger partial charge in [0.05, 0.1) is 5.69 Å². The minimum Gasteiger partial charge on any atom is -0.382 e. The van der Waals surface area contributed by atoms with Crippen molar-refractivity contribution in [2.45, 2.75) is 6.42 Å². The summed E-state index contributed by atoms with van der Waals surface area (Å²) in [4.78, 5) is 12.6. The first-order chi connectivity index (χ1) is 7.91. The molecule has 1 aromatic rings. The van der Waals surface area contributed by atoms with E-state index >= 15 is 0 Å². The zero-order valence-electron chi connectivity index (χ0n) is 9.56. The summed E-state index contributed by atoms with van der Waals surface area (Å²) in [6, 6.07) is 1.31. The average molecular weight is 246 g/mol. The van der Waals surface area contributed by atoms with E-state index in [9.17, 15) is 18.0 Å². The summed E-state index contributed by atoms with van der Waals surface area (Å²) in [6.07, 6.45) is 0.116. The van der Waals surface area contributed by atoms with Gasteiger partial charge in [0, 0.05) is 39.2 Å². The van der Waals surface area contributed by atoms with Crippen LogP contribution in [0, 0.1) is 17.5 Å². The normalized spacial score (nSPS) is 10.2. The molecule has 6 heteroatoms. The Morgan fingerprint density at radius 1 is 1.29 bits per heavy atom. The van der Waals surface area contributed by atoms with E-state index in [0.29, 0.717) is 6.07 Å². The zero-order chi connectivity index (χ0) is 13.0. The van der Waals surface area contributed by atoms with Gasteiger partial charge in [-0.2, -0.15) is 0 Å². The highest BCUT2D eigenvalue weighted by molar-refractivity contribution is 5.76. The van der Waals surface area contributed by atoms with Gasteiger partial charge in [-0.15, -0.1) is 0 Å². The number of rotatable bonds is 4. The van der Waals surface area contributed by atoms with E-state index in [1.54, 1.807) is 14.1 Å². The lowest BCUT2D eigenvalue weighted by atomic mass is 10.2. The van der Waals surface area contributed by atoms with Crippen molar-refractivity contribution >= 4 is 11.6 Å². The monoisotopic (exact) mass is 246 g/mol. The highest BCUT2D eigenvalue weighted by Crippen LogP contribution is 2.18. The third-order valence-corrected chi connectivity index (χ3v) is 2.15. The third kappa shape index (κ3) is 3.65. The van der Waals surface area contributed by atoms with Crippen LogP contribution in [0.4, 0.5) is 18.9 Å². The fourth-order valence-corrected chi connectivity index (χ4v) is 1.21. The largest absolute Gasteiger partial charge is 0.382 e. The van der Waals surface area contributed by atoms with Gasteiger partial charge in [-0.3, -0.25) is 4.79 Å². The van der Waals surface area contributed by atoms with E-state index in [2.05, 4.69) is 5.32 Å². The van der Waals surface area contributed by atoms with Crippen molar-refractivity contribution in [3.8, 4) is 0 Å². The SMILES string of the molecule is CN(C)C(=O)CCNc1cc(F)cc(F)c1F. The lowest BCUT2D eigenvalue weighted by molar-refractivity contribution is -0.128. The fraction of sp³-hybridized carbons (Fsp3) is 0.364. The maximum absolute atomic E-state index is 13.2. The Balaban J connectivity index is 2.61. The molecule has 0 spiro atoms. The second kappa shape index (κ2) is 5.56. The topological polar surface area (TPSA) is 32.3 Å². The van der Waals surface area contributed by atoms with E-state index < -0.39 is 17.5 Å². The molecule has 1 aromatic carbocycles. The van der Waals surface area contributed by atoms with Gasteiger partial charge in [0.2, 0.25) is 5.91 Å². The molecule has 0 aliphatic heterocycles. The van der Waals surface area contributed by atoms with Crippen LogP contribution in [0.2, 0.25) is 0 Å². The van der Waals surface area contributed by atoms with Crippen molar-refractivity contribution in [3.05, 3.63) is 29.6 Å². The van der Waals surface area contributed by atoms with Crippen LogP contribution in [0.25, 0.3) is 0 Å². The van der Waals surface area contributed by atoms with Crippen LogP contribution in [0.3, 0.4) is 0 Å². The van der Waals surface area contributed by atoms with Crippen molar-refractivity contribution in [1.82, 2.24) is 4.90 Å². The molecule has 0 aliphatic carbocycles. The van der Waals surface area contributed by atoms with Gasteiger partial charge in [-0.05, 0) is 0 Å². The lowest BCUT2D eigenvalue weighted by Crippen LogP contribution is -2.24. The van der Waals surface area contributed by atoms with Crippen LogP contribution in [0.1, 0.15) is 6.42 Å². The smallest absolute Gasteiger partial charge is 0.223 e. The summed E-state index contributed by atoms with van der Waals surface area (Å²) in [7, 11) is 3.18. The van der Waals surface area contributed by atoms with E-state index in [0.717, 1.165) is 6.07 Å². The van der Waals surface area contributed by atoms with Crippen molar-refractivity contribution in [2.75, 3.05) is 26.0 Å². The minimum atomic E-state index is -1.26. The molecular weight excluding hydrogens is 233 g/mol. The Morgan fingerprint density at radius 2 is 1.94 bits per heavy atom. The summed E-state index contributed by atoms with van der Waals surface area (Å²) in [5, 5.41) is 2.48. The molecule has 0 radical (unpaired) electrons. The van der Waals surface area contributed by atoms with Crippen molar-refractivity contribution < 1.29 is 18.0 Å². The second-order valence-corrected chi connectivity index (χ2v) is 3.71. The molecule has 3 nitrogen and oxygen atoms in total. The number of nitrogens with one attached hydrogen (secondary N) is 1. The lowest BCUT2D eigenvalue weighted by Gasteiger charge is -2.11. The zero-order valence-corrected chi connectivity index (χ0v) is 9.56. The maximum atomic E-state index is 13.2. The van der Waals surface area contributed by atoms with Gasteiger partial charge in [0.15, 0.2) is 11.6 Å². The van der Waals surface area contributed by atoms with Crippen LogP contribution in [0.15, 0.2) is 12.1 Å². The fourth-order valence-electron chi connectivity index (χ4n) is 1.21. The standard InChI is InChI=1S/C11H13F3N2O/c1-16(2)10(17)3-4-15-9-6-7(12)5-8(13)11(9)14/h5-6,15H,3-4H2,1-2H3. The Bertz CT molecular complexity index is 421. The van der Waals surface area contributed by atoms with E-state index in [1.165, 1.54) is 4.90 Å². The summed E-state index contributed by atoms with van der Waals surface area (Å²) < 4.78 is 38.8. The van der Waals surface area contributed by atoms with Gasteiger partial charge in [-0.1, -0.05) is 0 Å². The number of amides is 1. The van der Waals surface area contributed by atoms with E-state index in [1.807, 2.05) is 0 Å². The number of carbonyl (C=O) groups is 1. The predicted molar refractivity (Wildman–Crippen MR) is 58.1 cm³/mol. The second-order valence-electron chi connectivity index (χ2n) is 3.71. The minimum absolute atomic E-state index is 0.108. The number of benzene rings is 1. The number of anilines is 1. The molecule has 1 N–H and O–H groups in total. The first kappa shape index (κ1) is 13.3. The van der Waals surface area contributed by atoms with Crippen LogP contribution in [-0.4, -0.2) is 31.4 Å². The van der Waals surface area contributed by atoms with Gasteiger partial charge in [0.1, 0.15) is 5.82 Å². The van der Waals surface area contributed by atoms with Gasteiger partial charge in [0.25, 0.3) is 0 Å². The molecule has 0 atom stereocenters. The Labute approximate surface area is 97.2 Å². The number of hydrogen-bond acceptors (Lipinski definition) is 2. The Morgan fingerprint density at radius 3 is 2.53 bits per heavy atom. The molecule has 0 fully saturated rings. The highest BCUT2D eigenvalue weighted by Gasteiger charge is 2.11. The Hall–Kier alpha value is -1.72. The van der Waals surface area contributed by atoms with Gasteiger partial charge in [-0.25, -0.2) is 13.2 Å². The summed E-state index contributed by atoms with van der Waals surface area (Å²) in [5.74, 6) is -3.43. The van der Waals surface area contributed by atoms with E-state index in [-0.39, 0.29) is 24.6 Å². The molecule has 0 bridgehead atoms. The number of hydrogen-bond donors (Lipinski definition) is 1. The van der Waals surface area contributed by atoms with Crippen molar-refractivity contribution in [3.63, 3.8) is 0 Å². The van der Waals surface area contributed by atoms with Crippen LogP contribution < -0.4 is 5.32 Å². The van der Waals surface area contributed by atoms with Crippen LogP contribution in [-0.2, 0) is 4.79 Å². The van der Waals surface area contributed by atoms with Gasteiger partial charge >= 0.3 is 0 Å². The molecule has 94 valence electrons. The third-order valence-electron chi connectivity index (χ3n) is 2.15. The molecule has 0 heterocycles. The molecule has 0 unspecified atom stereocenters. The molecule has 0 saturated carbocycles. The molecule has 0 aromatic heterocycles. The first-order valence-electron chi connectivity index (χ1n) is 5.00. The molecule has 0 aliphatic rings. The molecule has 17 heavy (non-hydrogen) atoms. The Kier molecular flexibility index (Phi) is 4.37. The number of carbonyl (C=O) groups excluding carboxylic acids is 1. The van der Waals surface area contributed by atoms with Crippen molar-refractivity contribution in [1.29, 1.82) is 0 Å². The highest BCUT2D eigenvalue weighted by atomic mass is 19.2. The number of nitrogens with zero attached hydrogens (tertiary/aromatic N) is 1. The van der Waals surface area contributed by atoms with Crippen LogP contribution >= 0.6 is 0 Å². The number of halogens is 3. The summed E-state index contributed by atoms with van der Waals surface area (Å²) in [6.45, 7) is 0.108.